The zero-order valence-corrected chi connectivity index (χ0v) is 14.9. The van der Waals surface area contributed by atoms with E-state index in [4.69, 9.17) is 9.47 Å². The smallest absolute Gasteiger partial charge is 0.162 e. The average molecular weight is 397 g/mol. The first kappa shape index (κ1) is 15.9. The summed E-state index contributed by atoms with van der Waals surface area (Å²) in [7, 11) is 3.30. The Balaban J connectivity index is 2.24. The van der Waals surface area contributed by atoms with Crippen molar-refractivity contribution in [2.24, 2.45) is 0 Å². The molecule has 0 heterocycles. The predicted octanol–water partition coefficient (Wildman–Crippen LogP) is 4.79. The first-order valence-electron chi connectivity index (χ1n) is 6.79. The van der Waals surface area contributed by atoms with Crippen molar-refractivity contribution in [3.05, 3.63) is 51.1 Å². The van der Waals surface area contributed by atoms with Gasteiger partial charge in [-0.05, 0) is 65.8 Å². The van der Waals surface area contributed by atoms with Crippen LogP contribution in [0.1, 0.15) is 24.1 Å². The van der Waals surface area contributed by atoms with E-state index in [9.17, 15) is 0 Å². The van der Waals surface area contributed by atoms with Crippen LogP contribution in [0.2, 0.25) is 0 Å². The van der Waals surface area contributed by atoms with Gasteiger partial charge in [0, 0.05) is 21.4 Å². The third-order valence-corrected chi connectivity index (χ3v) is 4.19. The molecular formula is C17H20INO2. The summed E-state index contributed by atoms with van der Waals surface area (Å²) >= 11 is 2.32. The predicted molar refractivity (Wildman–Crippen MR) is 95.5 cm³/mol. The minimum absolute atomic E-state index is 0.221. The maximum Gasteiger partial charge on any atom is 0.162 e. The van der Waals surface area contributed by atoms with Crippen LogP contribution >= 0.6 is 22.6 Å². The third-order valence-electron chi connectivity index (χ3n) is 3.47. The topological polar surface area (TPSA) is 30.5 Å². The SMILES string of the molecule is COc1cc(C)c(NC(C)c2ccc(I)cc2)cc1OC. The second-order valence-corrected chi connectivity index (χ2v) is 6.19. The van der Waals surface area contributed by atoms with Crippen molar-refractivity contribution >= 4 is 28.3 Å². The fraction of sp³-hybridized carbons (Fsp3) is 0.294. The Morgan fingerprint density at radius 3 is 2.14 bits per heavy atom. The molecule has 2 aromatic rings. The summed E-state index contributed by atoms with van der Waals surface area (Å²) in [5.41, 5.74) is 3.44. The zero-order valence-electron chi connectivity index (χ0n) is 12.7. The van der Waals surface area contributed by atoms with Crippen LogP contribution in [0.4, 0.5) is 5.69 Å². The number of halogens is 1. The Hall–Kier alpha value is -1.43. The van der Waals surface area contributed by atoms with Crippen molar-refractivity contribution in [1.29, 1.82) is 0 Å². The number of aryl methyl sites for hydroxylation is 1. The fourth-order valence-electron chi connectivity index (χ4n) is 2.20. The maximum absolute atomic E-state index is 5.37. The number of nitrogens with one attached hydrogen (secondary N) is 1. The van der Waals surface area contributed by atoms with E-state index in [1.807, 2.05) is 12.1 Å². The van der Waals surface area contributed by atoms with Crippen LogP contribution in [-0.2, 0) is 0 Å². The lowest BCUT2D eigenvalue weighted by molar-refractivity contribution is 0.355. The van der Waals surface area contributed by atoms with Crippen molar-refractivity contribution in [2.75, 3.05) is 19.5 Å². The van der Waals surface area contributed by atoms with Gasteiger partial charge >= 0.3 is 0 Å². The number of anilines is 1. The second-order valence-electron chi connectivity index (χ2n) is 4.94. The highest BCUT2D eigenvalue weighted by molar-refractivity contribution is 14.1. The van der Waals surface area contributed by atoms with Gasteiger partial charge < -0.3 is 14.8 Å². The van der Waals surface area contributed by atoms with Gasteiger partial charge in [0.05, 0.1) is 14.2 Å². The molecule has 0 aliphatic heterocycles. The molecule has 1 N–H and O–H groups in total. The Bertz CT molecular complexity index is 611. The minimum Gasteiger partial charge on any atom is -0.493 e. The standard InChI is InChI=1S/C17H20INO2/c1-11-9-16(20-3)17(21-4)10-15(11)19-12(2)13-5-7-14(18)8-6-13/h5-10,12,19H,1-4H3. The molecule has 0 spiro atoms. The molecule has 21 heavy (non-hydrogen) atoms. The molecule has 4 heteroatoms. The summed E-state index contributed by atoms with van der Waals surface area (Å²) in [6.45, 7) is 4.21. The van der Waals surface area contributed by atoms with Crippen molar-refractivity contribution in [3.8, 4) is 11.5 Å². The van der Waals surface area contributed by atoms with Crippen LogP contribution in [0.5, 0.6) is 11.5 Å². The van der Waals surface area contributed by atoms with Gasteiger partial charge in [-0.3, -0.25) is 0 Å². The number of hydrogen-bond donors (Lipinski definition) is 1. The molecule has 3 nitrogen and oxygen atoms in total. The van der Waals surface area contributed by atoms with E-state index >= 15 is 0 Å². The van der Waals surface area contributed by atoms with E-state index in [2.05, 4.69) is 66.0 Å². The van der Waals surface area contributed by atoms with E-state index in [1.54, 1.807) is 14.2 Å². The largest absolute Gasteiger partial charge is 0.493 e. The monoisotopic (exact) mass is 397 g/mol. The highest BCUT2D eigenvalue weighted by atomic mass is 127. The van der Waals surface area contributed by atoms with Gasteiger partial charge in [0.15, 0.2) is 11.5 Å². The number of benzene rings is 2. The molecule has 0 aromatic heterocycles. The van der Waals surface area contributed by atoms with Crippen LogP contribution in [0.15, 0.2) is 36.4 Å². The van der Waals surface area contributed by atoms with Gasteiger partial charge in [0.1, 0.15) is 0 Å². The van der Waals surface area contributed by atoms with Gasteiger partial charge in [-0.15, -0.1) is 0 Å². The molecule has 112 valence electrons. The lowest BCUT2D eigenvalue weighted by Gasteiger charge is -2.19. The van der Waals surface area contributed by atoms with Gasteiger partial charge in [0.25, 0.3) is 0 Å². The van der Waals surface area contributed by atoms with Crippen molar-refractivity contribution < 1.29 is 9.47 Å². The second kappa shape index (κ2) is 7.02. The summed E-state index contributed by atoms with van der Waals surface area (Å²) in [5, 5.41) is 3.53. The molecule has 0 fully saturated rings. The Kier molecular flexibility index (Phi) is 5.33. The quantitative estimate of drug-likeness (QED) is 0.736. The number of ether oxygens (including phenoxy) is 2. The molecule has 0 saturated heterocycles. The first-order valence-corrected chi connectivity index (χ1v) is 7.87. The molecule has 2 aromatic carbocycles. The summed E-state index contributed by atoms with van der Waals surface area (Å²) in [6.07, 6.45) is 0. The van der Waals surface area contributed by atoms with E-state index in [1.165, 1.54) is 9.13 Å². The van der Waals surface area contributed by atoms with E-state index in [-0.39, 0.29) is 6.04 Å². The molecule has 0 bridgehead atoms. The third kappa shape index (κ3) is 3.81. The van der Waals surface area contributed by atoms with Crippen LogP contribution in [-0.4, -0.2) is 14.2 Å². The van der Waals surface area contributed by atoms with E-state index < -0.39 is 0 Å². The molecule has 0 amide bonds. The first-order chi connectivity index (χ1) is 10.0. The fourth-order valence-corrected chi connectivity index (χ4v) is 2.56. The highest BCUT2D eigenvalue weighted by Crippen LogP contribution is 2.34. The number of hydrogen-bond acceptors (Lipinski definition) is 3. The van der Waals surface area contributed by atoms with Crippen molar-refractivity contribution in [1.82, 2.24) is 0 Å². The molecule has 1 atom stereocenters. The Morgan fingerprint density at radius 2 is 1.57 bits per heavy atom. The lowest BCUT2D eigenvalue weighted by Crippen LogP contribution is -2.08. The van der Waals surface area contributed by atoms with Crippen LogP contribution in [0.3, 0.4) is 0 Å². The van der Waals surface area contributed by atoms with Gasteiger partial charge in [-0.25, -0.2) is 0 Å². The molecule has 2 rings (SSSR count). The van der Waals surface area contributed by atoms with E-state index in [0.29, 0.717) is 0 Å². The highest BCUT2D eigenvalue weighted by Gasteiger charge is 2.11. The van der Waals surface area contributed by atoms with Crippen LogP contribution < -0.4 is 14.8 Å². The molecule has 0 aliphatic carbocycles. The molecule has 1 unspecified atom stereocenters. The minimum atomic E-state index is 0.221. The number of methoxy groups -OCH3 is 2. The van der Waals surface area contributed by atoms with Gasteiger partial charge in [0.2, 0.25) is 0 Å². The maximum atomic E-state index is 5.37. The summed E-state index contributed by atoms with van der Waals surface area (Å²) < 4.78 is 11.9. The zero-order chi connectivity index (χ0) is 15.4. The van der Waals surface area contributed by atoms with Crippen LogP contribution in [0, 0.1) is 10.5 Å². The summed E-state index contributed by atoms with van der Waals surface area (Å²) in [4.78, 5) is 0. The average Bonchev–Trinajstić information content (AvgIpc) is 2.49. The molecular weight excluding hydrogens is 377 g/mol. The molecule has 0 saturated carbocycles. The van der Waals surface area contributed by atoms with Crippen molar-refractivity contribution in [3.63, 3.8) is 0 Å². The molecule has 0 radical (unpaired) electrons. The number of rotatable bonds is 5. The summed E-state index contributed by atoms with van der Waals surface area (Å²) in [5.74, 6) is 1.49. The lowest BCUT2D eigenvalue weighted by atomic mass is 10.1. The van der Waals surface area contributed by atoms with Crippen LogP contribution in [0.25, 0.3) is 0 Å². The van der Waals surface area contributed by atoms with E-state index in [0.717, 1.165) is 22.7 Å². The normalized spacial score (nSPS) is 11.9. The Labute approximate surface area is 139 Å². The van der Waals surface area contributed by atoms with Crippen molar-refractivity contribution in [2.45, 2.75) is 19.9 Å². The van der Waals surface area contributed by atoms with Gasteiger partial charge in [-0.2, -0.15) is 0 Å². The summed E-state index contributed by atoms with van der Waals surface area (Å²) in [6, 6.07) is 12.7. The molecule has 0 aliphatic rings. The van der Waals surface area contributed by atoms with Gasteiger partial charge in [-0.1, -0.05) is 12.1 Å². The Morgan fingerprint density at radius 1 is 1.00 bits per heavy atom.